The van der Waals surface area contributed by atoms with Crippen molar-refractivity contribution >= 4 is 28.2 Å². The summed E-state index contributed by atoms with van der Waals surface area (Å²) in [4.78, 5) is 24.6. The van der Waals surface area contributed by atoms with Gasteiger partial charge in [-0.05, 0) is 25.8 Å². The number of carbonyl (C=O) groups is 2. The van der Waals surface area contributed by atoms with E-state index in [2.05, 4.69) is 5.32 Å². The Morgan fingerprint density at radius 1 is 1.42 bits per heavy atom. The van der Waals surface area contributed by atoms with E-state index < -0.39 is 12.0 Å². The van der Waals surface area contributed by atoms with Crippen LogP contribution in [0.3, 0.4) is 0 Å². The van der Waals surface area contributed by atoms with Crippen molar-refractivity contribution in [2.24, 2.45) is 5.73 Å². The molecule has 0 aliphatic carbocycles. The number of thiophene rings is 1. The smallest absolute Gasteiger partial charge is 0.341 e. The van der Waals surface area contributed by atoms with E-state index in [0.717, 1.165) is 16.9 Å². The van der Waals surface area contributed by atoms with E-state index >= 15 is 0 Å². The van der Waals surface area contributed by atoms with Crippen LogP contribution < -0.4 is 11.1 Å². The van der Waals surface area contributed by atoms with Crippen LogP contribution in [0.2, 0.25) is 0 Å². The molecule has 3 N–H and O–H groups in total. The molecule has 0 aromatic carbocycles. The molecule has 19 heavy (non-hydrogen) atoms. The topological polar surface area (TPSA) is 81.4 Å². The molecule has 0 fully saturated rings. The van der Waals surface area contributed by atoms with Gasteiger partial charge >= 0.3 is 5.97 Å². The van der Waals surface area contributed by atoms with E-state index in [-0.39, 0.29) is 5.91 Å². The largest absolute Gasteiger partial charge is 0.465 e. The first-order valence-corrected chi connectivity index (χ1v) is 6.98. The van der Waals surface area contributed by atoms with Crippen molar-refractivity contribution < 1.29 is 14.3 Å². The summed E-state index contributed by atoms with van der Waals surface area (Å²) in [6.45, 7) is 5.69. The van der Waals surface area contributed by atoms with Crippen molar-refractivity contribution in [1.29, 1.82) is 0 Å². The molecule has 0 unspecified atom stereocenters. The highest BCUT2D eigenvalue weighted by Crippen LogP contribution is 2.33. The zero-order valence-electron chi connectivity index (χ0n) is 11.7. The van der Waals surface area contributed by atoms with E-state index in [0.29, 0.717) is 17.0 Å². The van der Waals surface area contributed by atoms with Crippen molar-refractivity contribution in [3.8, 4) is 0 Å². The standard InChI is InChI=1S/C13H20N2O3S/c1-5-6-9(14)11(16)15-12-10(13(17)18-4)7(2)8(3)19-12/h9H,5-6,14H2,1-4H3,(H,15,16)/t9-/m0/s1. The summed E-state index contributed by atoms with van der Waals surface area (Å²) in [6, 6.07) is -0.557. The lowest BCUT2D eigenvalue weighted by Crippen LogP contribution is -2.35. The predicted molar refractivity (Wildman–Crippen MR) is 76.6 cm³/mol. The third-order valence-electron chi connectivity index (χ3n) is 2.95. The molecule has 1 atom stereocenters. The van der Waals surface area contributed by atoms with Gasteiger partial charge in [0.05, 0.1) is 18.7 Å². The van der Waals surface area contributed by atoms with E-state index in [1.807, 2.05) is 20.8 Å². The Morgan fingerprint density at radius 2 is 2.05 bits per heavy atom. The van der Waals surface area contributed by atoms with Crippen molar-refractivity contribution in [3.05, 3.63) is 16.0 Å². The molecule has 0 radical (unpaired) electrons. The minimum absolute atomic E-state index is 0.270. The van der Waals surface area contributed by atoms with Crippen molar-refractivity contribution in [3.63, 3.8) is 0 Å². The van der Waals surface area contributed by atoms with Crippen LogP contribution in [0.25, 0.3) is 0 Å². The Hall–Kier alpha value is -1.40. The monoisotopic (exact) mass is 284 g/mol. The first-order chi connectivity index (χ1) is 8.92. The van der Waals surface area contributed by atoms with Crippen LogP contribution in [-0.2, 0) is 9.53 Å². The Morgan fingerprint density at radius 3 is 2.58 bits per heavy atom. The second-order valence-corrected chi connectivity index (χ2v) is 5.59. The fourth-order valence-corrected chi connectivity index (χ4v) is 2.76. The third-order valence-corrected chi connectivity index (χ3v) is 4.07. The van der Waals surface area contributed by atoms with Gasteiger partial charge in [-0.15, -0.1) is 11.3 Å². The van der Waals surface area contributed by atoms with Crippen LogP contribution >= 0.6 is 11.3 Å². The molecule has 5 nitrogen and oxygen atoms in total. The second kappa shape index (κ2) is 6.68. The highest BCUT2D eigenvalue weighted by atomic mass is 32.1. The first-order valence-electron chi connectivity index (χ1n) is 6.17. The van der Waals surface area contributed by atoms with Gasteiger partial charge in [0.1, 0.15) is 5.00 Å². The lowest BCUT2D eigenvalue weighted by molar-refractivity contribution is -0.117. The van der Waals surface area contributed by atoms with Gasteiger partial charge < -0.3 is 15.8 Å². The van der Waals surface area contributed by atoms with Gasteiger partial charge in [0.2, 0.25) is 5.91 Å². The molecule has 0 spiro atoms. The number of nitrogens with two attached hydrogens (primary N) is 1. The lowest BCUT2D eigenvalue weighted by atomic mass is 10.1. The number of methoxy groups -OCH3 is 1. The number of nitrogens with one attached hydrogen (secondary N) is 1. The van der Waals surface area contributed by atoms with Gasteiger partial charge in [-0.2, -0.15) is 0 Å². The molecule has 0 bridgehead atoms. The number of rotatable bonds is 5. The van der Waals surface area contributed by atoms with Gasteiger partial charge in [0.15, 0.2) is 0 Å². The number of hydrogen-bond acceptors (Lipinski definition) is 5. The van der Waals surface area contributed by atoms with E-state index in [4.69, 9.17) is 10.5 Å². The van der Waals surface area contributed by atoms with Gasteiger partial charge in [-0.25, -0.2) is 4.79 Å². The summed E-state index contributed by atoms with van der Waals surface area (Å²) in [5.41, 5.74) is 7.00. The summed E-state index contributed by atoms with van der Waals surface area (Å²) < 4.78 is 4.75. The molecule has 6 heteroatoms. The number of amides is 1. The fourth-order valence-electron chi connectivity index (χ4n) is 1.71. The molecule has 1 aromatic rings. The van der Waals surface area contributed by atoms with Crippen molar-refractivity contribution in [1.82, 2.24) is 0 Å². The van der Waals surface area contributed by atoms with Crippen LogP contribution in [0.15, 0.2) is 0 Å². The molecule has 0 saturated heterocycles. The third kappa shape index (κ3) is 3.54. The molecular formula is C13H20N2O3S. The van der Waals surface area contributed by atoms with Crippen molar-refractivity contribution in [2.75, 3.05) is 12.4 Å². The summed E-state index contributed by atoms with van der Waals surface area (Å²) in [5, 5.41) is 3.24. The number of esters is 1. The maximum absolute atomic E-state index is 11.9. The average Bonchev–Trinajstić information content (AvgIpc) is 2.64. The molecule has 1 amide bonds. The van der Waals surface area contributed by atoms with Crippen LogP contribution in [0.5, 0.6) is 0 Å². The summed E-state index contributed by atoms with van der Waals surface area (Å²) >= 11 is 1.36. The number of ether oxygens (including phenoxy) is 1. The number of carbonyl (C=O) groups excluding carboxylic acids is 2. The lowest BCUT2D eigenvalue weighted by Gasteiger charge is -2.11. The maximum atomic E-state index is 11.9. The van der Waals surface area contributed by atoms with Crippen molar-refractivity contribution in [2.45, 2.75) is 39.7 Å². The minimum Gasteiger partial charge on any atom is -0.465 e. The number of aryl methyl sites for hydroxylation is 1. The Labute approximate surface area is 117 Å². The number of hydrogen-bond donors (Lipinski definition) is 2. The second-order valence-electron chi connectivity index (χ2n) is 4.36. The summed E-state index contributed by atoms with van der Waals surface area (Å²) in [5.74, 6) is -0.713. The van der Waals surface area contributed by atoms with Gasteiger partial charge in [-0.1, -0.05) is 13.3 Å². The van der Waals surface area contributed by atoms with E-state index in [9.17, 15) is 9.59 Å². The molecule has 0 aliphatic heterocycles. The van der Waals surface area contributed by atoms with Crippen LogP contribution in [0.4, 0.5) is 5.00 Å². The van der Waals surface area contributed by atoms with Gasteiger partial charge in [-0.3, -0.25) is 4.79 Å². The first kappa shape index (κ1) is 15.7. The van der Waals surface area contributed by atoms with Crippen LogP contribution in [0, 0.1) is 13.8 Å². The molecule has 1 heterocycles. The zero-order valence-corrected chi connectivity index (χ0v) is 12.5. The van der Waals surface area contributed by atoms with E-state index in [1.165, 1.54) is 18.4 Å². The molecule has 0 aliphatic rings. The summed E-state index contributed by atoms with van der Waals surface area (Å²) in [6.07, 6.45) is 1.45. The normalized spacial score (nSPS) is 12.1. The number of anilines is 1. The highest BCUT2D eigenvalue weighted by Gasteiger charge is 2.23. The highest BCUT2D eigenvalue weighted by molar-refractivity contribution is 7.16. The average molecular weight is 284 g/mol. The fraction of sp³-hybridized carbons (Fsp3) is 0.538. The van der Waals surface area contributed by atoms with Crippen LogP contribution in [0.1, 0.15) is 40.6 Å². The predicted octanol–water partition coefficient (Wildman–Crippen LogP) is 2.22. The Balaban J connectivity index is 2.98. The molecule has 1 rings (SSSR count). The molecule has 106 valence electrons. The Bertz CT molecular complexity index is 482. The minimum atomic E-state index is -0.557. The molecule has 0 saturated carbocycles. The van der Waals surface area contributed by atoms with E-state index in [1.54, 1.807) is 0 Å². The molecular weight excluding hydrogens is 264 g/mol. The van der Waals surface area contributed by atoms with Crippen LogP contribution in [-0.4, -0.2) is 25.0 Å². The zero-order chi connectivity index (χ0) is 14.6. The SMILES string of the molecule is CCC[C@H](N)C(=O)Nc1sc(C)c(C)c1C(=O)OC. The summed E-state index contributed by atoms with van der Waals surface area (Å²) in [7, 11) is 1.32. The Kier molecular flexibility index (Phi) is 5.50. The quantitative estimate of drug-likeness (QED) is 0.812. The molecule has 1 aromatic heterocycles. The van der Waals surface area contributed by atoms with Gasteiger partial charge in [0, 0.05) is 4.88 Å². The maximum Gasteiger partial charge on any atom is 0.341 e. The van der Waals surface area contributed by atoms with Gasteiger partial charge in [0.25, 0.3) is 0 Å².